The lowest BCUT2D eigenvalue weighted by molar-refractivity contribution is 0.533. The highest BCUT2D eigenvalue weighted by Gasteiger charge is 2.20. The van der Waals surface area contributed by atoms with Crippen molar-refractivity contribution in [1.29, 1.82) is 0 Å². The molecule has 0 spiro atoms. The largest absolute Gasteiger partial charge is 0.399 e. The average Bonchev–Trinajstić information content (AvgIpc) is 2.32. The highest BCUT2D eigenvalue weighted by molar-refractivity contribution is 7.84. The summed E-state index contributed by atoms with van der Waals surface area (Å²) in [5.74, 6) is -4.74. The van der Waals surface area contributed by atoms with Gasteiger partial charge in [-0.3, -0.25) is 4.21 Å². The minimum atomic E-state index is -2.27. The van der Waals surface area contributed by atoms with Crippen molar-refractivity contribution in [3.05, 3.63) is 59.2 Å². The van der Waals surface area contributed by atoms with E-state index < -0.39 is 50.3 Å². The van der Waals surface area contributed by atoms with Crippen molar-refractivity contribution in [3.63, 3.8) is 0 Å². The molecule has 0 aliphatic heterocycles. The topological polar surface area (TPSA) is 43.1 Å². The van der Waals surface area contributed by atoms with E-state index in [0.717, 1.165) is 30.3 Å². The van der Waals surface area contributed by atoms with E-state index in [1.54, 1.807) is 0 Å². The van der Waals surface area contributed by atoms with Gasteiger partial charge in [0, 0.05) is 11.3 Å². The molecule has 0 aromatic heterocycles. The van der Waals surface area contributed by atoms with Crippen LogP contribution in [-0.4, -0.2) is 4.21 Å². The van der Waals surface area contributed by atoms with Crippen molar-refractivity contribution in [1.82, 2.24) is 0 Å². The molecule has 1 atom stereocenters. The maximum absolute atomic E-state index is 13.6. The van der Waals surface area contributed by atoms with Gasteiger partial charge in [0.15, 0.2) is 0 Å². The Balaban J connectivity index is 2.39. The molecule has 0 saturated heterocycles. The first-order valence-electron chi connectivity index (χ1n) is 5.46. The minimum absolute atomic E-state index is 0.169. The van der Waals surface area contributed by atoms with E-state index in [4.69, 9.17) is 5.73 Å². The molecule has 2 rings (SSSR count). The Hall–Kier alpha value is -1.89. The second-order valence-electron chi connectivity index (χ2n) is 4.00. The molecule has 0 bridgehead atoms. The van der Waals surface area contributed by atoms with Crippen molar-refractivity contribution in [2.75, 3.05) is 5.73 Å². The molecule has 0 fully saturated rings. The molecular formula is C13H9F4NOS. The third-order valence-corrected chi connectivity index (χ3v) is 3.98. The Bertz CT molecular complexity index is 647. The number of nitrogen functional groups attached to an aromatic ring is 1. The Morgan fingerprint density at radius 1 is 0.950 bits per heavy atom. The molecular weight excluding hydrogens is 294 g/mol. The fourth-order valence-electron chi connectivity index (χ4n) is 1.67. The highest BCUT2D eigenvalue weighted by atomic mass is 32.2. The van der Waals surface area contributed by atoms with Crippen LogP contribution in [-0.2, 0) is 16.6 Å². The van der Waals surface area contributed by atoms with Crippen LogP contribution in [0.2, 0.25) is 0 Å². The molecule has 2 aromatic carbocycles. The molecule has 1 unspecified atom stereocenters. The maximum atomic E-state index is 13.6. The van der Waals surface area contributed by atoms with Crippen molar-refractivity contribution in [2.24, 2.45) is 0 Å². The van der Waals surface area contributed by atoms with Gasteiger partial charge in [-0.05, 0) is 24.3 Å². The first kappa shape index (κ1) is 14.5. The molecule has 0 aliphatic carbocycles. The molecule has 0 heterocycles. The van der Waals surface area contributed by atoms with Gasteiger partial charge in [-0.2, -0.15) is 0 Å². The van der Waals surface area contributed by atoms with Crippen LogP contribution in [0.25, 0.3) is 0 Å². The van der Waals surface area contributed by atoms with Crippen molar-refractivity contribution < 1.29 is 21.8 Å². The first-order chi connectivity index (χ1) is 9.40. The van der Waals surface area contributed by atoms with Crippen molar-refractivity contribution in [3.8, 4) is 0 Å². The van der Waals surface area contributed by atoms with Crippen LogP contribution in [0.1, 0.15) is 5.56 Å². The summed E-state index contributed by atoms with van der Waals surface area (Å²) in [5, 5.41) is 0. The minimum Gasteiger partial charge on any atom is -0.399 e. The van der Waals surface area contributed by atoms with E-state index >= 15 is 0 Å². The zero-order valence-electron chi connectivity index (χ0n) is 10.00. The Morgan fingerprint density at radius 3 is 1.95 bits per heavy atom. The van der Waals surface area contributed by atoms with Gasteiger partial charge in [0.2, 0.25) is 0 Å². The van der Waals surface area contributed by atoms with Gasteiger partial charge >= 0.3 is 0 Å². The summed E-state index contributed by atoms with van der Waals surface area (Å²) < 4.78 is 65.9. The highest BCUT2D eigenvalue weighted by Crippen LogP contribution is 2.24. The van der Waals surface area contributed by atoms with Crippen LogP contribution in [0, 0.1) is 23.3 Å². The van der Waals surface area contributed by atoms with Crippen LogP contribution >= 0.6 is 0 Å². The monoisotopic (exact) mass is 303 g/mol. The Kier molecular flexibility index (Phi) is 4.08. The molecule has 2 N–H and O–H groups in total. The lowest BCUT2D eigenvalue weighted by atomic mass is 10.2. The fourth-order valence-corrected chi connectivity index (χ4v) is 2.91. The summed E-state index contributed by atoms with van der Waals surface area (Å²) in [7, 11) is -2.27. The van der Waals surface area contributed by atoms with Gasteiger partial charge in [0.1, 0.15) is 28.2 Å². The molecule has 20 heavy (non-hydrogen) atoms. The van der Waals surface area contributed by atoms with Gasteiger partial charge in [0.25, 0.3) is 0 Å². The second kappa shape index (κ2) is 5.62. The zero-order valence-corrected chi connectivity index (χ0v) is 10.8. The Morgan fingerprint density at radius 2 is 1.45 bits per heavy atom. The normalized spacial score (nSPS) is 12.4. The van der Waals surface area contributed by atoms with Gasteiger partial charge in [-0.15, -0.1) is 0 Å². The van der Waals surface area contributed by atoms with Gasteiger partial charge in [-0.25, -0.2) is 17.6 Å². The third-order valence-electron chi connectivity index (χ3n) is 2.59. The van der Waals surface area contributed by atoms with Crippen LogP contribution < -0.4 is 5.73 Å². The summed E-state index contributed by atoms with van der Waals surface area (Å²) >= 11 is 0. The fraction of sp³-hybridized carbons (Fsp3) is 0.0769. The summed E-state index contributed by atoms with van der Waals surface area (Å²) in [4.78, 5) is -0.748. The lowest BCUT2D eigenvalue weighted by Gasteiger charge is -2.08. The van der Waals surface area contributed by atoms with Crippen molar-refractivity contribution >= 4 is 16.5 Å². The van der Waals surface area contributed by atoms with Crippen LogP contribution in [0.5, 0.6) is 0 Å². The van der Waals surface area contributed by atoms with E-state index in [2.05, 4.69) is 0 Å². The van der Waals surface area contributed by atoms with E-state index in [1.807, 2.05) is 0 Å². The van der Waals surface area contributed by atoms with Crippen molar-refractivity contribution in [2.45, 2.75) is 10.6 Å². The van der Waals surface area contributed by atoms with E-state index in [9.17, 15) is 21.8 Å². The number of benzene rings is 2. The summed E-state index contributed by atoms with van der Waals surface area (Å²) in [6.07, 6.45) is 0. The van der Waals surface area contributed by atoms with E-state index in [-0.39, 0.29) is 5.69 Å². The Labute approximate surface area is 114 Å². The zero-order chi connectivity index (χ0) is 14.9. The summed E-state index contributed by atoms with van der Waals surface area (Å²) in [6.45, 7) is 0. The van der Waals surface area contributed by atoms with Gasteiger partial charge in [0.05, 0.1) is 16.6 Å². The van der Waals surface area contributed by atoms with E-state index in [1.165, 1.54) is 0 Å². The molecule has 0 amide bonds. The second-order valence-corrected chi connectivity index (χ2v) is 5.39. The van der Waals surface area contributed by atoms with Crippen LogP contribution in [0.4, 0.5) is 23.2 Å². The number of hydrogen-bond donors (Lipinski definition) is 1. The van der Waals surface area contributed by atoms with E-state index in [0.29, 0.717) is 0 Å². The average molecular weight is 303 g/mol. The van der Waals surface area contributed by atoms with Crippen LogP contribution in [0.15, 0.2) is 35.2 Å². The quantitative estimate of drug-likeness (QED) is 0.699. The smallest absolute Gasteiger partial charge is 0.144 e. The number of halogens is 4. The first-order valence-corrected chi connectivity index (χ1v) is 6.78. The number of rotatable bonds is 3. The molecule has 0 radical (unpaired) electrons. The third kappa shape index (κ3) is 2.82. The molecule has 0 saturated carbocycles. The molecule has 0 aliphatic rings. The maximum Gasteiger partial charge on any atom is 0.144 e. The summed E-state index contributed by atoms with van der Waals surface area (Å²) in [5.41, 5.74) is 4.58. The number of anilines is 1. The number of nitrogens with two attached hydrogens (primary N) is 1. The number of hydrogen-bond acceptors (Lipinski definition) is 2. The lowest BCUT2D eigenvalue weighted by Crippen LogP contribution is -2.06. The predicted molar refractivity (Wildman–Crippen MR) is 67.2 cm³/mol. The predicted octanol–water partition coefficient (Wildman–Crippen LogP) is 3.13. The molecule has 7 heteroatoms. The molecule has 2 nitrogen and oxygen atoms in total. The van der Waals surface area contributed by atoms with Gasteiger partial charge in [-0.1, -0.05) is 6.07 Å². The van der Waals surface area contributed by atoms with Gasteiger partial charge < -0.3 is 5.73 Å². The summed E-state index contributed by atoms with van der Waals surface area (Å²) in [6, 6.07) is 4.69. The SMILES string of the molecule is Nc1cc(F)c(S(=O)Cc2c(F)cccc2F)c(F)c1. The molecule has 2 aromatic rings. The standard InChI is InChI=1S/C13H9F4NOS/c14-9-2-1-3-10(15)8(9)6-20(19)13-11(16)4-7(18)5-12(13)17/h1-5H,6,18H2. The molecule has 106 valence electrons. The van der Waals surface area contributed by atoms with Crippen LogP contribution in [0.3, 0.4) is 0 Å².